The molecule has 0 aliphatic rings. The third kappa shape index (κ3) is 4.25. The topological polar surface area (TPSA) is 38.9 Å². The van der Waals surface area contributed by atoms with Gasteiger partial charge in [-0.15, -0.1) is 11.3 Å². The van der Waals surface area contributed by atoms with Crippen LogP contribution in [0.2, 0.25) is 5.02 Å². The first kappa shape index (κ1) is 16.4. The molecule has 0 aliphatic carbocycles. The highest BCUT2D eigenvalue weighted by Crippen LogP contribution is 2.25. The highest BCUT2D eigenvalue weighted by Gasteiger charge is 2.19. The molecule has 5 heteroatoms. The molecule has 2 aromatic rings. The quantitative estimate of drug-likeness (QED) is 0.907. The van der Waals surface area contributed by atoms with Crippen LogP contribution >= 0.6 is 22.9 Å². The fourth-order valence-electron chi connectivity index (χ4n) is 2.04. The van der Waals surface area contributed by atoms with Gasteiger partial charge in [0.15, 0.2) is 0 Å². The lowest BCUT2D eigenvalue weighted by atomic mass is 9.93. The number of aromatic nitrogens is 1. The number of hydrogen-bond acceptors (Lipinski definition) is 3. The van der Waals surface area contributed by atoms with Crippen LogP contribution in [0.25, 0.3) is 0 Å². The van der Waals surface area contributed by atoms with Crippen LogP contribution in [-0.2, 0) is 18.3 Å². The molecule has 114 valence electrons. The Labute approximate surface area is 134 Å². The molecule has 2 nitrogen and oxygen atoms in total. The van der Waals surface area contributed by atoms with Gasteiger partial charge < -0.3 is 5.73 Å². The van der Waals surface area contributed by atoms with E-state index in [0.717, 1.165) is 10.7 Å². The van der Waals surface area contributed by atoms with E-state index in [0.29, 0.717) is 23.4 Å². The third-order valence-corrected chi connectivity index (χ3v) is 4.51. The number of nitrogens with zero attached hydrogens (tertiary/aromatic N) is 1. The van der Waals surface area contributed by atoms with Crippen LogP contribution in [0.3, 0.4) is 0 Å². The standard InChI is InChI=1S/C16H20ClFN2S/c1-16(2,3)14-9-21-15(20-14)8-10(19)7-11-12(17)5-4-6-13(11)18/h4-6,9-10H,7-8,19H2,1-3H3. The lowest BCUT2D eigenvalue weighted by molar-refractivity contribution is 0.564. The van der Waals surface area contributed by atoms with Crippen LogP contribution in [0.5, 0.6) is 0 Å². The lowest BCUT2D eigenvalue weighted by Crippen LogP contribution is -2.26. The van der Waals surface area contributed by atoms with Gasteiger partial charge in [-0.25, -0.2) is 9.37 Å². The van der Waals surface area contributed by atoms with Gasteiger partial charge in [-0.3, -0.25) is 0 Å². The minimum atomic E-state index is -0.299. The molecule has 21 heavy (non-hydrogen) atoms. The van der Waals surface area contributed by atoms with Crippen molar-refractivity contribution in [3.05, 3.63) is 50.7 Å². The second-order valence-electron chi connectivity index (χ2n) is 6.25. The molecule has 1 aromatic carbocycles. The number of hydrogen-bond donors (Lipinski definition) is 1. The molecule has 0 radical (unpaired) electrons. The van der Waals surface area contributed by atoms with E-state index in [4.69, 9.17) is 17.3 Å². The summed E-state index contributed by atoms with van der Waals surface area (Å²) >= 11 is 7.64. The van der Waals surface area contributed by atoms with Crippen molar-refractivity contribution in [1.82, 2.24) is 4.98 Å². The Morgan fingerprint density at radius 1 is 1.33 bits per heavy atom. The molecule has 0 saturated carbocycles. The van der Waals surface area contributed by atoms with Gasteiger partial charge in [0.05, 0.1) is 10.7 Å². The maximum Gasteiger partial charge on any atom is 0.127 e. The molecular formula is C16H20ClFN2S. The zero-order valence-corrected chi connectivity index (χ0v) is 14.1. The van der Waals surface area contributed by atoms with Crippen molar-refractivity contribution in [2.45, 2.75) is 45.1 Å². The summed E-state index contributed by atoms with van der Waals surface area (Å²) in [6.07, 6.45) is 1.04. The van der Waals surface area contributed by atoms with Gasteiger partial charge in [0.1, 0.15) is 5.82 Å². The summed E-state index contributed by atoms with van der Waals surface area (Å²) in [5, 5.41) is 3.48. The van der Waals surface area contributed by atoms with Crippen LogP contribution in [-0.4, -0.2) is 11.0 Å². The minimum absolute atomic E-state index is 0.0354. The first-order valence-electron chi connectivity index (χ1n) is 6.90. The maximum absolute atomic E-state index is 13.8. The molecule has 1 atom stereocenters. The fourth-order valence-corrected chi connectivity index (χ4v) is 3.39. The van der Waals surface area contributed by atoms with Crippen LogP contribution < -0.4 is 5.73 Å². The molecule has 0 bridgehead atoms. The number of thiazole rings is 1. The Morgan fingerprint density at radius 2 is 2.05 bits per heavy atom. The molecule has 0 spiro atoms. The molecule has 0 aliphatic heterocycles. The van der Waals surface area contributed by atoms with Crippen molar-refractivity contribution >= 4 is 22.9 Å². The second kappa shape index (κ2) is 6.42. The van der Waals surface area contributed by atoms with E-state index in [1.54, 1.807) is 23.5 Å². The second-order valence-corrected chi connectivity index (χ2v) is 7.59. The first-order valence-corrected chi connectivity index (χ1v) is 8.16. The van der Waals surface area contributed by atoms with E-state index >= 15 is 0 Å². The number of rotatable bonds is 4. The number of benzene rings is 1. The average Bonchev–Trinajstić information content (AvgIpc) is 2.82. The van der Waals surface area contributed by atoms with Gasteiger partial charge >= 0.3 is 0 Å². The maximum atomic E-state index is 13.8. The Kier molecular flexibility index (Phi) is 5.02. The van der Waals surface area contributed by atoms with Gasteiger partial charge in [0.25, 0.3) is 0 Å². The lowest BCUT2D eigenvalue weighted by Gasteiger charge is -2.15. The Bertz CT molecular complexity index is 599. The van der Waals surface area contributed by atoms with Crippen molar-refractivity contribution in [3.8, 4) is 0 Å². The molecule has 0 amide bonds. The van der Waals surface area contributed by atoms with Crippen molar-refractivity contribution in [2.24, 2.45) is 5.73 Å². The molecule has 1 heterocycles. The van der Waals surface area contributed by atoms with E-state index in [-0.39, 0.29) is 17.3 Å². The van der Waals surface area contributed by atoms with Gasteiger partial charge in [0, 0.05) is 33.8 Å². The Balaban J connectivity index is 2.05. The Morgan fingerprint density at radius 3 is 2.62 bits per heavy atom. The van der Waals surface area contributed by atoms with Crippen LogP contribution in [0.1, 0.15) is 37.0 Å². The van der Waals surface area contributed by atoms with Crippen LogP contribution in [0.4, 0.5) is 4.39 Å². The molecule has 2 rings (SSSR count). The van der Waals surface area contributed by atoms with Crippen LogP contribution in [0.15, 0.2) is 23.6 Å². The summed E-state index contributed by atoms with van der Waals surface area (Å²) < 4.78 is 13.8. The fraction of sp³-hybridized carbons (Fsp3) is 0.438. The van der Waals surface area contributed by atoms with E-state index in [2.05, 4.69) is 31.1 Å². The smallest absolute Gasteiger partial charge is 0.127 e. The van der Waals surface area contributed by atoms with Crippen molar-refractivity contribution in [3.63, 3.8) is 0 Å². The van der Waals surface area contributed by atoms with Crippen molar-refractivity contribution in [2.75, 3.05) is 0 Å². The van der Waals surface area contributed by atoms with E-state index in [1.807, 2.05) is 0 Å². The Hall–Kier alpha value is -0.970. The summed E-state index contributed by atoms with van der Waals surface area (Å²) in [5.41, 5.74) is 7.72. The number of nitrogens with two attached hydrogens (primary N) is 1. The zero-order valence-electron chi connectivity index (χ0n) is 12.5. The predicted molar refractivity (Wildman–Crippen MR) is 87.6 cm³/mol. The summed E-state index contributed by atoms with van der Waals surface area (Å²) in [5.74, 6) is -0.299. The molecule has 0 saturated heterocycles. The van der Waals surface area contributed by atoms with Crippen LogP contribution in [0, 0.1) is 5.82 Å². The highest BCUT2D eigenvalue weighted by atomic mass is 35.5. The largest absolute Gasteiger partial charge is 0.327 e. The molecule has 1 unspecified atom stereocenters. The molecule has 0 fully saturated rings. The SMILES string of the molecule is CC(C)(C)c1csc(CC(N)Cc2c(F)cccc2Cl)n1. The predicted octanol–water partition coefficient (Wildman–Crippen LogP) is 4.35. The van der Waals surface area contributed by atoms with E-state index < -0.39 is 0 Å². The van der Waals surface area contributed by atoms with E-state index in [9.17, 15) is 4.39 Å². The number of halogens is 2. The monoisotopic (exact) mass is 326 g/mol. The third-order valence-electron chi connectivity index (χ3n) is 3.28. The van der Waals surface area contributed by atoms with Crippen molar-refractivity contribution in [1.29, 1.82) is 0 Å². The molecular weight excluding hydrogens is 307 g/mol. The molecule has 1 aromatic heterocycles. The zero-order chi connectivity index (χ0) is 15.6. The average molecular weight is 327 g/mol. The van der Waals surface area contributed by atoms with Gasteiger partial charge in [-0.1, -0.05) is 38.4 Å². The minimum Gasteiger partial charge on any atom is -0.327 e. The van der Waals surface area contributed by atoms with Gasteiger partial charge in [-0.05, 0) is 18.6 Å². The summed E-state index contributed by atoms with van der Waals surface area (Å²) in [4.78, 5) is 4.62. The molecule has 2 N–H and O–H groups in total. The van der Waals surface area contributed by atoms with Crippen molar-refractivity contribution < 1.29 is 4.39 Å². The highest BCUT2D eigenvalue weighted by molar-refractivity contribution is 7.09. The summed E-state index contributed by atoms with van der Waals surface area (Å²) in [7, 11) is 0. The summed E-state index contributed by atoms with van der Waals surface area (Å²) in [6, 6.07) is 4.50. The van der Waals surface area contributed by atoms with Gasteiger partial charge in [0.2, 0.25) is 0 Å². The summed E-state index contributed by atoms with van der Waals surface area (Å²) in [6.45, 7) is 6.39. The first-order chi connectivity index (χ1) is 9.77. The van der Waals surface area contributed by atoms with Gasteiger partial charge in [-0.2, -0.15) is 0 Å². The van der Waals surface area contributed by atoms with E-state index in [1.165, 1.54) is 6.07 Å². The normalized spacial score (nSPS) is 13.4.